The number of ketones is 1. The number of aromatic nitrogens is 1. The van der Waals surface area contributed by atoms with Gasteiger partial charge in [0, 0.05) is 42.0 Å². The topological polar surface area (TPSA) is 82.3 Å². The van der Waals surface area contributed by atoms with Crippen molar-refractivity contribution in [2.75, 3.05) is 16.8 Å². The van der Waals surface area contributed by atoms with Crippen molar-refractivity contribution < 1.29 is 14.4 Å². The molecule has 2 N–H and O–H groups in total. The molecule has 1 aromatic heterocycles. The maximum Gasteiger partial charge on any atom is 0.272 e. The number of nitrogens with one attached hydrogen (secondary N) is 2. The van der Waals surface area contributed by atoms with Gasteiger partial charge in [0.05, 0.1) is 0 Å². The third-order valence-electron chi connectivity index (χ3n) is 5.42. The van der Waals surface area contributed by atoms with Crippen LogP contribution in [0.1, 0.15) is 58.8 Å². The van der Waals surface area contributed by atoms with Crippen LogP contribution in [-0.2, 0) is 11.2 Å². The summed E-state index contributed by atoms with van der Waals surface area (Å²) in [5.41, 5.74) is 4.06. The van der Waals surface area contributed by atoms with Crippen molar-refractivity contribution in [3.63, 3.8) is 0 Å². The van der Waals surface area contributed by atoms with Crippen molar-refractivity contribution in [1.82, 2.24) is 4.98 Å². The summed E-state index contributed by atoms with van der Waals surface area (Å²) in [4.78, 5) is 41.6. The summed E-state index contributed by atoms with van der Waals surface area (Å²) in [6.07, 6.45) is 1.84. The van der Waals surface area contributed by atoms with E-state index in [1.165, 1.54) is 0 Å². The average molecular weight is 365 g/mol. The van der Waals surface area contributed by atoms with E-state index in [-0.39, 0.29) is 23.0 Å². The molecule has 1 aliphatic heterocycles. The standard InChI is InChI=1S/C21H23N3O3/c1-12-18-15(10-21(2,3)11-16(18)25)23-19(12)20(27)22-13-4-6-14(7-5-13)24-9-8-17(24)26/h4-7,23H,8-11H2,1-3H3,(H,22,27). The number of Topliss-reactive ketones (excluding diaryl/α,β-unsaturated/α-hetero) is 1. The molecule has 0 radical (unpaired) electrons. The first kappa shape index (κ1) is 17.5. The van der Waals surface area contributed by atoms with Crippen LogP contribution < -0.4 is 10.2 Å². The number of β-lactam (4-membered cyclic amide) rings is 1. The zero-order valence-corrected chi connectivity index (χ0v) is 15.8. The average Bonchev–Trinajstić information content (AvgIpc) is 2.90. The highest BCUT2D eigenvalue weighted by atomic mass is 16.2. The van der Waals surface area contributed by atoms with E-state index in [1.54, 1.807) is 17.0 Å². The molecule has 4 rings (SSSR count). The van der Waals surface area contributed by atoms with Crippen molar-refractivity contribution in [2.45, 2.75) is 40.0 Å². The number of rotatable bonds is 3. The highest BCUT2D eigenvalue weighted by Crippen LogP contribution is 2.36. The summed E-state index contributed by atoms with van der Waals surface area (Å²) >= 11 is 0. The second-order valence-corrected chi connectivity index (χ2v) is 8.22. The number of benzene rings is 1. The molecule has 2 aliphatic rings. The predicted molar refractivity (Wildman–Crippen MR) is 103 cm³/mol. The highest BCUT2D eigenvalue weighted by molar-refractivity contribution is 6.08. The van der Waals surface area contributed by atoms with Crippen molar-refractivity contribution in [3.8, 4) is 0 Å². The molecule has 1 saturated heterocycles. The smallest absolute Gasteiger partial charge is 0.272 e. The Balaban J connectivity index is 1.54. The fourth-order valence-corrected chi connectivity index (χ4v) is 3.97. The number of anilines is 2. The lowest BCUT2D eigenvalue weighted by Gasteiger charge is -2.30. The molecular formula is C21H23N3O3. The molecule has 2 amide bonds. The Labute approximate surface area is 157 Å². The molecule has 27 heavy (non-hydrogen) atoms. The van der Waals surface area contributed by atoms with E-state index >= 15 is 0 Å². The van der Waals surface area contributed by atoms with E-state index in [0.717, 1.165) is 24.3 Å². The molecule has 6 nitrogen and oxygen atoms in total. The highest BCUT2D eigenvalue weighted by Gasteiger charge is 2.35. The lowest BCUT2D eigenvalue weighted by Crippen LogP contribution is -2.43. The van der Waals surface area contributed by atoms with Gasteiger partial charge in [-0.2, -0.15) is 0 Å². The number of aromatic amines is 1. The number of carbonyl (C=O) groups excluding carboxylic acids is 3. The van der Waals surface area contributed by atoms with E-state index < -0.39 is 0 Å². The number of carbonyl (C=O) groups is 3. The Bertz CT molecular complexity index is 954. The number of hydrogen-bond donors (Lipinski definition) is 2. The molecule has 0 unspecified atom stereocenters. The summed E-state index contributed by atoms with van der Waals surface area (Å²) in [5.74, 6) is -0.0510. The SMILES string of the molecule is Cc1c(C(=O)Nc2ccc(N3CCC3=O)cc2)[nH]c2c1C(=O)CC(C)(C)C2. The van der Waals surface area contributed by atoms with Crippen molar-refractivity contribution >= 4 is 29.0 Å². The van der Waals surface area contributed by atoms with Gasteiger partial charge in [-0.1, -0.05) is 13.8 Å². The monoisotopic (exact) mass is 365 g/mol. The zero-order valence-electron chi connectivity index (χ0n) is 15.8. The Hall–Kier alpha value is -2.89. The van der Waals surface area contributed by atoms with Gasteiger partial charge in [-0.25, -0.2) is 0 Å². The lowest BCUT2D eigenvalue weighted by atomic mass is 9.75. The summed E-state index contributed by atoms with van der Waals surface area (Å²) in [7, 11) is 0. The minimum atomic E-state index is -0.264. The second-order valence-electron chi connectivity index (χ2n) is 8.22. The fraction of sp³-hybridized carbons (Fsp3) is 0.381. The maximum absolute atomic E-state index is 12.7. The maximum atomic E-state index is 12.7. The third-order valence-corrected chi connectivity index (χ3v) is 5.42. The molecule has 140 valence electrons. The van der Waals surface area contributed by atoms with Crippen LogP contribution >= 0.6 is 0 Å². The molecule has 1 fully saturated rings. The first-order valence-electron chi connectivity index (χ1n) is 9.21. The van der Waals surface area contributed by atoms with Gasteiger partial charge >= 0.3 is 0 Å². The Morgan fingerprint density at radius 1 is 1.15 bits per heavy atom. The van der Waals surface area contributed by atoms with Crippen LogP contribution in [-0.4, -0.2) is 29.1 Å². The van der Waals surface area contributed by atoms with Crippen molar-refractivity contribution in [2.24, 2.45) is 5.41 Å². The van der Waals surface area contributed by atoms with Crippen molar-refractivity contribution in [3.05, 3.63) is 46.8 Å². The van der Waals surface area contributed by atoms with Crippen LogP contribution in [0.5, 0.6) is 0 Å². The van der Waals surface area contributed by atoms with Crippen LogP contribution in [0.25, 0.3) is 0 Å². The first-order valence-corrected chi connectivity index (χ1v) is 9.21. The van der Waals surface area contributed by atoms with Crippen LogP contribution in [0, 0.1) is 12.3 Å². The van der Waals surface area contributed by atoms with Crippen LogP contribution in [0.3, 0.4) is 0 Å². The Kier molecular flexibility index (Phi) is 3.94. The van der Waals surface area contributed by atoms with Gasteiger partial charge in [-0.3, -0.25) is 14.4 Å². The zero-order chi connectivity index (χ0) is 19.3. The number of nitrogens with zero attached hydrogens (tertiary/aromatic N) is 1. The lowest BCUT2D eigenvalue weighted by molar-refractivity contribution is -0.122. The van der Waals surface area contributed by atoms with E-state index in [0.29, 0.717) is 35.3 Å². The van der Waals surface area contributed by atoms with Gasteiger partial charge in [0.15, 0.2) is 5.78 Å². The minimum Gasteiger partial charge on any atom is -0.354 e. The van der Waals surface area contributed by atoms with Gasteiger partial charge in [0.1, 0.15) is 5.69 Å². The number of fused-ring (bicyclic) bond motifs is 1. The van der Waals surface area contributed by atoms with Gasteiger partial charge in [-0.15, -0.1) is 0 Å². The molecule has 0 bridgehead atoms. The molecule has 1 aromatic carbocycles. The molecular weight excluding hydrogens is 342 g/mol. The molecule has 0 spiro atoms. The summed E-state index contributed by atoms with van der Waals surface area (Å²) in [5, 5.41) is 2.87. The number of hydrogen-bond acceptors (Lipinski definition) is 3. The van der Waals surface area contributed by atoms with Crippen molar-refractivity contribution in [1.29, 1.82) is 0 Å². The van der Waals surface area contributed by atoms with Gasteiger partial charge in [-0.05, 0) is 48.6 Å². The van der Waals surface area contributed by atoms with Crippen LogP contribution in [0.2, 0.25) is 0 Å². The van der Waals surface area contributed by atoms with E-state index in [9.17, 15) is 14.4 Å². The summed E-state index contributed by atoms with van der Waals surface area (Å²) < 4.78 is 0. The molecule has 2 heterocycles. The van der Waals surface area contributed by atoms with Gasteiger partial charge in [0.25, 0.3) is 5.91 Å². The number of H-pyrrole nitrogens is 1. The first-order chi connectivity index (χ1) is 12.7. The van der Waals surface area contributed by atoms with Crippen LogP contribution in [0.4, 0.5) is 11.4 Å². The van der Waals surface area contributed by atoms with Gasteiger partial charge < -0.3 is 15.2 Å². The predicted octanol–water partition coefficient (Wildman–Crippen LogP) is 3.47. The normalized spacial score (nSPS) is 18.1. The Morgan fingerprint density at radius 3 is 2.44 bits per heavy atom. The largest absolute Gasteiger partial charge is 0.354 e. The third kappa shape index (κ3) is 3.05. The molecule has 0 saturated carbocycles. The van der Waals surface area contributed by atoms with E-state index in [1.807, 2.05) is 19.1 Å². The quantitative estimate of drug-likeness (QED) is 0.817. The van der Waals surface area contributed by atoms with Crippen LogP contribution in [0.15, 0.2) is 24.3 Å². The second kappa shape index (κ2) is 6.08. The Morgan fingerprint density at radius 2 is 1.85 bits per heavy atom. The molecule has 1 aliphatic carbocycles. The number of amides is 2. The summed E-state index contributed by atoms with van der Waals surface area (Å²) in [6.45, 7) is 6.68. The minimum absolute atomic E-state index is 0.0950. The summed E-state index contributed by atoms with van der Waals surface area (Å²) in [6, 6.07) is 7.22. The molecule has 0 atom stereocenters. The molecule has 2 aromatic rings. The molecule has 6 heteroatoms. The van der Waals surface area contributed by atoms with E-state index in [2.05, 4.69) is 24.1 Å². The van der Waals surface area contributed by atoms with Gasteiger partial charge in [0.2, 0.25) is 5.91 Å². The van der Waals surface area contributed by atoms with E-state index in [4.69, 9.17) is 0 Å². The fourth-order valence-electron chi connectivity index (χ4n) is 3.97.